The van der Waals surface area contributed by atoms with Gasteiger partial charge in [0.15, 0.2) is 6.10 Å². The van der Waals surface area contributed by atoms with Crippen molar-refractivity contribution in [3.8, 4) is 5.75 Å². The highest BCUT2D eigenvalue weighted by molar-refractivity contribution is 7.12. The number of aliphatic carboxylic acids is 1. The fraction of sp³-hybridized carbons (Fsp3) is 0.111. The Hall–Kier alpha value is -2.66. The molecule has 4 nitrogen and oxygen atoms in total. The lowest BCUT2D eigenvalue weighted by Crippen LogP contribution is -2.23. The van der Waals surface area contributed by atoms with Crippen molar-refractivity contribution in [3.63, 3.8) is 0 Å². The van der Waals surface area contributed by atoms with E-state index in [1.165, 1.54) is 18.3 Å². The van der Waals surface area contributed by atoms with Crippen LogP contribution in [0.5, 0.6) is 5.75 Å². The van der Waals surface area contributed by atoms with Crippen LogP contribution in [-0.4, -0.2) is 23.0 Å². The minimum atomic E-state index is -1.03. The Labute approximate surface area is 137 Å². The maximum absolute atomic E-state index is 12.6. The van der Waals surface area contributed by atoms with Crippen LogP contribution >= 0.6 is 11.3 Å². The Balaban J connectivity index is 2.09. The molecule has 5 heteroatoms. The largest absolute Gasteiger partial charge is 0.479 e. The molecular weight excluding hydrogens is 312 g/mol. The summed E-state index contributed by atoms with van der Waals surface area (Å²) in [6.45, 7) is 1.47. The third-order valence-electron chi connectivity index (χ3n) is 3.53. The highest BCUT2D eigenvalue weighted by Gasteiger charge is 2.18. The molecule has 0 radical (unpaired) electrons. The molecule has 3 aromatic rings. The Morgan fingerprint density at radius 3 is 2.43 bits per heavy atom. The smallest absolute Gasteiger partial charge is 0.344 e. The SMILES string of the molecule is CC(Oc1ccc(C(=O)c2cccs2)c2ccccc12)C(=O)O. The highest BCUT2D eigenvalue weighted by Crippen LogP contribution is 2.31. The molecule has 1 unspecified atom stereocenters. The first kappa shape index (κ1) is 15.2. The Bertz CT molecular complexity index is 868. The second-order valence-corrected chi connectivity index (χ2v) is 6.01. The Morgan fingerprint density at radius 1 is 1.04 bits per heavy atom. The molecule has 2 aromatic carbocycles. The van der Waals surface area contributed by atoms with Crippen molar-refractivity contribution in [1.82, 2.24) is 0 Å². The van der Waals surface area contributed by atoms with E-state index in [1.807, 2.05) is 35.7 Å². The van der Waals surface area contributed by atoms with E-state index in [0.717, 1.165) is 10.8 Å². The number of carbonyl (C=O) groups is 2. The van der Waals surface area contributed by atoms with Crippen LogP contribution in [0.25, 0.3) is 10.8 Å². The molecule has 1 aromatic heterocycles. The van der Waals surface area contributed by atoms with E-state index < -0.39 is 12.1 Å². The van der Waals surface area contributed by atoms with Gasteiger partial charge in [-0.25, -0.2) is 4.79 Å². The average Bonchev–Trinajstić information content (AvgIpc) is 3.09. The molecule has 0 amide bonds. The molecule has 3 rings (SSSR count). The summed E-state index contributed by atoms with van der Waals surface area (Å²) < 4.78 is 5.51. The number of hydrogen-bond donors (Lipinski definition) is 1. The molecule has 0 bridgehead atoms. The van der Waals surface area contributed by atoms with Crippen LogP contribution in [0.4, 0.5) is 0 Å². The third kappa shape index (κ3) is 2.96. The third-order valence-corrected chi connectivity index (χ3v) is 4.39. The summed E-state index contributed by atoms with van der Waals surface area (Å²) in [5.41, 5.74) is 0.582. The molecule has 0 aliphatic carbocycles. The summed E-state index contributed by atoms with van der Waals surface area (Å²) in [5.74, 6) is -0.625. The first-order valence-electron chi connectivity index (χ1n) is 7.07. The molecule has 0 aliphatic rings. The van der Waals surface area contributed by atoms with Gasteiger partial charge in [0, 0.05) is 10.9 Å². The van der Waals surface area contributed by atoms with Gasteiger partial charge in [-0.1, -0.05) is 30.3 Å². The number of ketones is 1. The van der Waals surface area contributed by atoms with Crippen LogP contribution in [-0.2, 0) is 4.79 Å². The van der Waals surface area contributed by atoms with Crippen LogP contribution in [0, 0.1) is 0 Å². The molecular formula is C18H14O4S. The minimum Gasteiger partial charge on any atom is -0.479 e. The van der Waals surface area contributed by atoms with Gasteiger partial charge in [0.25, 0.3) is 0 Å². The normalized spacial score (nSPS) is 12.0. The average molecular weight is 326 g/mol. The summed E-state index contributed by atoms with van der Waals surface area (Å²) in [6, 6.07) is 14.3. The monoisotopic (exact) mass is 326 g/mol. The molecule has 1 N–H and O–H groups in total. The minimum absolute atomic E-state index is 0.0472. The van der Waals surface area contributed by atoms with Crippen molar-refractivity contribution in [2.75, 3.05) is 0 Å². The van der Waals surface area contributed by atoms with E-state index in [2.05, 4.69) is 0 Å². The maximum atomic E-state index is 12.6. The topological polar surface area (TPSA) is 63.6 Å². The fourth-order valence-electron chi connectivity index (χ4n) is 2.35. The summed E-state index contributed by atoms with van der Waals surface area (Å²) in [7, 11) is 0. The van der Waals surface area contributed by atoms with Gasteiger partial charge in [0.1, 0.15) is 5.75 Å². The number of benzene rings is 2. The van der Waals surface area contributed by atoms with Crippen molar-refractivity contribution in [3.05, 3.63) is 64.4 Å². The van der Waals surface area contributed by atoms with Gasteiger partial charge in [-0.05, 0) is 35.9 Å². The number of ether oxygens (including phenoxy) is 1. The second-order valence-electron chi connectivity index (χ2n) is 5.06. The molecule has 0 saturated carbocycles. The predicted molar refractivity (Wildman–Crippen MR) is 89.4 cm³/mol. The standard InChI is InChI=1S/C18H14O4S/c1-11(18(20)21)22-15-9-8-14(12-5-2-3-6-13(12)15)17(19)16-7-4-10-23-16/h2-11H,1H3,(H,20,21). The van der Waals surface area contributed by atoms with E-state index in [1.54, 1.807) is 18.2 Å². The first-order chi connectivity index (χ1) is 11.1. The number of hydrogen-bond acceptors (Lipinski definition) is 4. The van der Waals surface area contributed by atoms with E-state index in [0.29, 0.717) is 16.2 Å². The lowest BCUT2D eigenvalue weighted by Gasteiger charge is -2.14. The summed E-state index contributed by atoms with van der Waals surface area (Å²) in [6.07, 6.45) is -0.961. The quantitative estimate of drug-likeness (QED) is 0.720. The second kappa shape index (κ2) is 6.22. The molecule has 0 aliphatic heterocycles. The van der Waals surface area contributed by atoms with E-state index in [9.17, 15) is 9.59 Å². The summed E-state index contributed by atoms with van der Waals surface area (Å²) in [5, 5.41) is 12.3. The Morgan fingerprint density at radius 2 is 1.78 bits per heavy atom. The fourth-order valence-corrected chi connectivity index (χ4v) is 3.03. The molecule has 0 fully saturated rings. The number of rotatable bonds is 5. The zero-order valence-electron chi connectivity index (χ0n) is 12.4. The van der Waals surface area contributed by atoms with Gasteiger partial charge in [0.05, 0.1) is 4.88 Å². The number of carbonyl (C=O) groups excluding carboxylic acids is 1. The maximum Gasteiger partial charge on any atom is 0.344 e. The highest BCUT2D eigenvalue weighted by atomic mass is 32.1. The molecule has 116 valence electrons. The van der Waals surface area contributed by atoms with Crippen LogP contribution in [0.3, 0.4) is 0 Å². The van der Waals surface area contributed by atoms with E-state index in [-0.39, 0.29) is 5.78 Å². The number of fused-ring (bicyclic) bond motifs is 1. The molecule has 1 atom stereocenters. The molecule has 1 heterocycles. The predicted octanol–water partition coefficient (Wildman–Crippen LogP) is 3.98. The van der Waals surface area contributed by atoms with Crippen molar-refractivity contribution < 1.29 is 19.4 Å². The van der Waals surface area contributed by atoms with Gasteiger partial charge < -0.3 is 9.84 Å². The van der Waals surface area contributed by atoms with Crippen molar-refractivity contribution >= 4 is 33.9 Å². The Kier molecular flexibility index (Phi) is 4.12. The number of thiophene rings is 1. The van der Waals surface area contributed by atoms with E-state index in [4.69, 9.17) is 9.84 Å². The zero-order chi connectivity index (χ0) is 16.4. The molecule has 23 heavy (non-hydrogen) atoms. The van der Waals surface area contributed by atoms with Gasteiger partial charge in [-0.15, -0.1) is 11.3 Å². The van der Waals surface area contributed by atoms with Crippen LogP contribution in [0.1, 0.15) is 22.2 Å². The summed E-state index contributed by atoms with van der Waals surface area (Å²) in [4.78, 5) is 24.3. The number of carboxylic acid groups (broad SMARTS) is 1. The van der Waals surface area contributed by atoms with Crippen molar-refractivity contribution in [1.29, 1.82) is 0 Å². The summed E-state index contributed by atoms with van der Waals surface area (Å²) >= 11 is 1.39. The lowest BCUT2D eigenvalue weighted by atomic mass is 10.00. The van der Waals surface area contributed by atoms with Gasteiger partial charge >= 0.3 is 5.97 Å². The first-order valence-corrected chi connectivity index (χ1v) is 7.95. The van der Waals surface area contributed by atoms with Gasteiger partial charge in [-0.2, -0.15) is 0 Å². The van der Waals surface area contributed by atoms with Crippen LogP contribution < -0.4 is 4.74 Å². The lowest BCUT2D eigenvalue weighted by molar-refractivity contribution is -0.144. The van der Waals surface area contributed by atoms with Crippen LogP contribution in [0.2, 0.25) is 0 Å². The molecule has 0 spiro atoms. The van der Waals surface area contributed by atoms with E-state index >= 15 is 0 Å². The van der Waals surface area contributed by atoms with Crippen LogP contribution in [0.15, 0.2) is 53.9 Å². The number of carboxylic acids is 1. The zero-order valence-corrected chi connectivity index (χ0v) is 13.2. The van der Waals surface area contributed by atoms with Crippen molar-refractivity contribution in [2.45, 2.75) is 13.0 Å². The van der Waals surface area contributed by atoms with Crippen molar-refractivity contribution in [2.24, 2.45) is 0 Å². The molecule has 0 saturated heterocycles. The van der Waals surface area contributed by atoms with Gasteiger partial charge in [0.2, 0.25) is 5.78 Å². The van der Waals surface area contributed by atoms with Gasteiger partial charge in [-0.3, -0.25) is 4.79 Å².